The molecule has 0 spiro atoms. The average molecular weight is 561 g/mol. The fraction of sp³-hybridized carbons (Fsp3) is 0.528. The van der Waals surface area contributed by atoms with E-state index in [1.165, 1.54) is 0 Å². The zero-order chi connectivity index (χ0) is 30.8. The summed E-state index contributed by atoms with van der Waals surface area (Å²) >= 11 is 0. The Morgan fingerprint density at radius 3 is 1.54 bits per heavy atom. The van der Waals surface area contributed by atoms with Crippen LogP contribution in [0.4, 0.5) is 0 Å². The van der Waals surface area contributed by atoms with Crippen LogP contribution >= 0.6 is 0 Å². The molecule has 0 fully saturated rings. The summed E-state index contributed by atoms with van der Waals surface area (Å²) in [5.41, 5.74) is 2.46. The minimum atomic E-state index is -0.848. The van der Waals surface area contributed by atoms with E-state index in [-0.39, 0.29) is 34.4 Å². The molecule has 5 heteroatoms. The number of ketones is 2. The molecule has 0 heterocycles. The van der Waals surface area contributed by atoms with Crippen molar-refractivity contribution in [2.75, 3.05) is 6.61 Å². The highest BCUT2D eigenvalue weighted by Gasteiger charge is 2.34. The number of allylic oxidation sites excluding steroid dienone is 8. The molecule has 222 valence electrons. The Morgan fingerprint density at radius 1 is 0.732 bits per heavy atom. The number of aliphatic hydroxyl groups is 1. The lowest BCUT2D eigenvalue weighted by molar-refractivity contribution is -0.147. The van der Waals surface area contributed by atoms with Gasteiger partial charge in [0.15, 0.2) is 11.6 Å². The Bertz CT molecular complexity index is 1330. The molecule has 2 aliphatic rings. The number of rotatable bonds is 12. The minimum Gasteiger partial charge on any atom is -0.481 e. The number of hydrogen-bond acceptors (Lipinski definition) is 4. The molecule has 0 atom stereocenters. The van der Waals surface area contributed by atoms with Gasteiger partial charge in [-0.2, -0.15) is 0 Å². The van der Waals surface area contributed by atoms with Gasteiger partial charge < -0.3 is 10.2 Å². The molecular formula is C36H48O5. The van der Waals surface area contributed by atoms with E-state index in [4.69, 9.17) is 0 Å². The van der Waals surface area contributed by atoms with Crippen molar-refractivity contribution in [1.82, 2.24) is 0 Å². The van der Waals surface area contributed by atoms with Crippen LogP contribution in [0.15, 0.2) is 59.7 Å². The van der Waals surface area contributed by atoms with E-state index >= 15 is 0 Å². The number of carbonyl (C=O) groups excluding carboxylic acids is 2. The monoisotopic (exact) mass is 560 g/mol. The van der Waals surface area contributed by atoms with Crippen molar-refractivity contribution >= 4 is 28.7 Å². The van der Waals surface area contributed by atoms with Crippen LogP contribution < -0.4 is 0 Å². The molecule has 0 saturated heterocycles. The number of Topliss-reactive ketones (excluding diaryl/α,β-unsaturated/α-hetero) is 2. The van der Waals surface area contributed by atoms with Gasteiger partial charge in [0.05, 0.1) is 5.41 Å². The quantitative estimate of drug-likeness (QED) is 0.270. The fourth-order valence-corrected chi connectivity index (χ4v) is 5.72. The second-order valence-electron chi connectivity index (χ2n) is 14.5. The minimum absolute atomic E-state index is 0.00614. The van der Waals surface area contributed by atoms with Gasteiger partial charge in [0, 0.05) is 28.6 Å². The number of carboxylic acids is 1. The third-order valence-corrected chi connectivity index (χ3v) is 8.26. The smallest absolute Gasteiger partial charge is 0.309 e. The number of carbonyl (C=O) groups is 3. The summed E-state index contributed by atoms with van der Waals surface area (Å²) in [6.45, 7) is 15.9. The Labute approximate surface area is 246 Å². The summed E-state index contributed by atoms with van der Waals surface area (Å²) in [7, 11) is 0. The molecule has 41 heavy (non-hydrogen) atoms. The van der Waals surface area contributed by atoms with Crippen molar-refractivity contribution in [1.29, 1.82) is 0 Å². The van der Waals surface area contributed by atoms with Crippen LogP contribution in [-0.4, -0.2) is 34.4 Å². The van der Waals surface area contributed by atoms with E-state index in [2.05, 4.69) is 33.8 Å². The van der Waals surface area contributed by atoms with Crippen LogP contribution in [0.1, 0.15) is 105 Å². The van der Waals surface area contributed by atoms with Crippen molar-refractivity contribution < 1.29 is 24.6 Å². The van der Waals surface area contributed by atoms with Crippen LogP contribution in [0.3, 0.4) is 0 Å². The summed E-state index contributed by atoms with van der Waals surface area (Å²) in [5, 5.41) is 19.1. The lowest BCUT2D eigenvalue weighted by atomic mass is 9.73. The summed E-state index contributed by atoms with van der Waals surface area (Å²) in [6.07, 6.45) is 11.9. The van der Waals surface area contributed by atoms with Crippen LogP contribution in [0.2, 0.25) is 0 Å². The molecule has 0 unspecified atom stereocenters. The third kappa shape index (κ3) is 8.03. The van der Waals surface area contributed by atoms with Gasteiger partial charge in [-0.15, -0.1) is 0 Å². The molecule has 0 aromatic heterocycles. The predicted octanol–water partition coefficient (Wildman–Crippen LogP) is 7.99. The van der Waals surface area contributed by atoms with E-state index in [0.717, 1.165) is 29.5 Å². The van der Waals surface area contributed by atoms with E-state index in [0.29, 0.717) is 42.4 Å². The van der Waals surface area contributed by atoms with Crippen LogP contribution in [0, 0.1) is 21.7 Å². The van der Waals surface area contributed by atoms with Crippen molar-refractivity contribution in [3.05, 3.63) is 70.8 Å². The second-order valence-corrected chi connectivity index (χ2v) is 14.5. The largest absolute Gasteiger partial charge is 0.481 e. The zero-order valence-electron chi connectivity index (χ0n) is 26.2. The van der Waals surface area contributed by atoms with Crippen LogP contribution in [0.25, 0.3) is 11.1 Å². The summed E-state index contributed by atoms with van der Waals surface area (Å²) in [4.78, 5) is 39.3. The lowest BCUT2D eigenvalue weighted by Crippen LogP contribution is -2.24. The van der Waals surface area contributed by atoms with Gasteiger partial charge in [0.1, 0.15) is 0 Å². The standard InChI is InChI=1S/C36H48O5/c1-33(2,23-37)17-11-13-24-19-34(3,4)21-28(30(24)38)26-15-9-10-16-27(26)29-22-35(5,6)20-25(31(29)39)14-12-18-36(7,8)32(40)41/h9-10,15-16,19-22,37H,11-14,17-18,23H2,1-8H3,(H,40,41). The molecule has 1 aromatic carbocycles. The molecule has 0 aliphatic heterocycles. The first-order chi connectivity index (χ1) is 18.9. The first-order valence-corrected chi connectivity index (χ1v) is 14.8. The van der Waals surface area contributed by atoms with E-state index in [1.807, 2.05) is 56.3 Å². The number of benzene rings is 1. The highest BCUT2D eigenvalue weighted by atomic mass is 16.4. The maximum Gasteiger partial charge on any atom is 0.309 e. The van der Waals surface area contributed by atoms with Crippen molar-refractivity contribution in [3.63, 3.8) is 0 Å². The maximum atomic E-state index is 13.9. The maximum absolute atomic E-state index is 13.9. The number of aliphatic carboxylic acids is 1. The van der Waals surface area contributed by atoms with Crippen LogP contribution in [-0.2, 0) is 14.4 Å². The van der Waals surface area contributed by atoms with Gasteiger partial charge in [-0.3, -0.25) is 14.4 Å². The molecule has 3 rings (SSSR count). The molecule has 5 nitrogen and oxygen atoms in total. The molecule has 0 amide bonds. The second kappa shape index (κ2) is 12.1. The summed E-state index contributed by atoms with van der Waals surface area (Å²) in [5.74, 6) is -0.904. The van der Waals surface area contributed by atoms with E-state index in [9.17, 15) is 24.6 Å². The summed E-state index contributed by atoms with van der Waals surface area (Å²) in [6, 6.07) is 7.67. The van der Waals surface area contributed by atoms with Crippen LogP contribution in [0.5, 0.6) is 0 Å². The number of aliphatic hydroxyl groups excluding tert-OH is 1. The predicted molar refractivity (Wildman–Crippen MR) is 166 cm³/mol. The SMILES string of the molecule is CC1(C)C=C(CCCC(C)(C)CO)C(=O)C(c2ccccc2C2=CC(C)(C)C=C(CCCC(C)(C)C(=O)O)C2=O)=C1. The van der Waals surface area contributed by atoms with Gasteiger partial charge in [-0.1, -0.05) is 90.1 Å². The molecular weight excluding hydrogens is 512 g/mol. The van der Waals surface area contributed by atoms with Crippen molar-refractivity contribution in [3.8, 4) is 0 Å². The lowest BCUT2D eigenvalue weighted by Gasteiger charge is -2.29. The first kappa shape index (κ1) is 32.5. The Hall–Kier alpha value is -3.05. The van der Waals surface area contributed by atoms with E-state index < -0.39 is 11.4 Å². The van der Waals surface area contributed by atoms with Crippen molar-refractivity contribution in [2.45, 2.75) is 93.9 Å². The van der Waals surface area contributed by atoms with E-state index in [1.54, 1.807) is 13.8 Å². The fourth-order valence-electron chi connectivity index (χ4n) is 5.72. The molecule has 2 aliphatic carbocycles. The molecule has 0 radical (unpaired) electrons. The van der Waals surface area contributed by atoms with Gasteiger partial charge in [0.2, 0.25) is 0 Å². The van der Waals surface area contributed by atoms with Gasteiger partial charge in [-0.25, -0.2) is 0 Å². The van der Waals surface area contributed by atoms with Gasteiger partial charge in [-0.05, 0) is 80.1 Å². The Kier molecular flexibility index (Phi) is 9.54. The molecule has 0 bridgehead atoms. The number of carboxylic acid groups (broad SMARTS) is 1. The van der Waals surface area contributed by atoms with Gasteiger partial charge in [0.25, 0.3) is 0 Å². The Balaban J connectivity index is 1.93. The van der Waals surface area contributed by atoms with Gasteiger partial charge >= 0.3 is 5.97 Å². The normalized spacial score (nSPS) is 18.9. The first-order valence-electron chi connectivity index (χ1n) is 14.8. The molecule has 1 aromatic rings. The third-order valence-electron chi connectivity index (χ3n) is 8.26. The number of hydrogen-bond donors (Lipinski definition) is 2. The average Bonchev–Trinajstić information content (AvgIpc) is 2.87. The zero-order valence-corrected chi connectivity index (χ0v) is 26.2. The highest BCUT2D eigenvalue weighted by molar-refractivity contribution is 6.34. The Morgan fingerprint density at radius 2 is 1.15 bits per heavy atom. The van der Waals surface area contributed by atoms with Crippen molar-refractivity contribution in [2.24, 2.45) is 21.7 Å². The summed E-state index contributed by atoms with van der Waals surface area (Å²) < 4.78 is 0. The molecule has 2 N–H and O–H groups in total. The highest BCUT2D eigenvalue weighted by Crippen LogP contribution is 2.42. The molecule has 0 saturated carbocycles. The topological polar surface area (TPSA) is 91.7 Å².